The van der Waals surface area contributed by atoms with E-state index in [0.29, 0.717) is 0 Å². The van der Waals surface area contributed by atoms with E-state index in [2.05, 4.69) is 15.0 Å². The SMILES string of the molecule is CS(=O)(=O)c1ncccc1C(=O)NCCOc1ccc(OC(F)(F)F)cc1. The Morgan fingerprint density at radius 3 is 2.37 bits per heavy atom. The normalized spacial score (nSPS) is 11.7. The van der Waals surface area contributed by atoms with Crippen LogP contribution in [-0.2, 0) is 9.84 Å². The first-order valence-electron chi connectivity index (χ1n) is 7.48. The van der Waals surface area contributed by atoms with E-state index in [9.17, 15) is 26.4 Å². The van der Waals surface area contributed by atoms with Crippen LogP contribution in [0.5, 0.6) is 11.5 Å². The van der Waals surface area contributed by atoms with Crippen LogP contribution in [0.25, 0.3) is 0 Å². The number of hydrogen-bond acceptors (Lipinski definition) is 6. The standard InChI is InChI=1S/C16H15F3N2O5S/c1-27(23,24)15-13(3-2-8-21-15)14(22)20-9-10-25-11-4-6-12(7-5-11)26-16(17,18)19/h2-8H,9-10H2,1H3,(H,20,22). The van der Waals surface area contributed by atoms with Crippen LogP contribution in [0.1, 0.15) is 10.4 Å². The second kappa shape index (κ2) is 8.25. The van der Waals surface area contributed by atoms with Crippen molar-refractivity contribution in [3.63, 3.8) is 0 Å². The maximum absolute atomic E-state index is 12.1. The molecule has 1 amide bonds. The summed E-state index contributed by atoms with van der Waals surface area (Å²) >= 11 is 0. The highest BCUT2D eigenvalue weighted by Gasteiger charge is 2.31. The van der Waals surface area contributed by atoms with E-state index in [1.54, 1.807) is 0 Å². The number of rotatable bonds is 7. The van der Waals surface area contributed by atoms with E-state index in [4.69, 9.17) is 4.74 Å². The van der Waals surface area contributed by atoms with Gasteiger partial charge in [0.25, 0.3) is 5.91 Å². The number of ether oxygens (including phenoxy) is 2. The van der Waals surface area contributed by atoms with Gasteiger partial charge >= 0.3 is 6.36 Å². The lowest BCUT2D eigenvalue weighted by atomic mass is 10.2. The summed E-state index contributed by atoms with van der Waals surface area (Å²) in [5.41, 5.74) is -0.0892. The van der Waals surface area contributed by atoms with E-state index in [-0.39, 0.29) is 35.2 Å². The number of amides is 1. The number of pyridine rings is 1. The Labute approximate surface area is 153 Å². The van der Waals surface area contributed by atoms with Gasteiger partial charge in [0.2, 0.25) is 0 Å². The Bertz CT molecular complexity index is 899. The lowest BCUT2D eigenvalue weighted by molar-refractivity contribution is -0.274. The van der Waals surface area contributed by atoms with Gasteiger partial charge in [-0.25, -0.2) is 13.4 Å². The summed E-state index contributed by atoms with van der Waals surface area (Å²) in [6.07, 6.45) is -2.56. The molecule has 0 saturated carbocycles. The Hall–Kier alpha value is -2.82. The van der Waals surface area contributed by atoms with Crippen molar-refractivity contribution in [1.29, 1.82) is 0 Å². The lowest BCUT2D eigenvalue weighted by Crippen LogP contribution is -2.29. The summed E-state index contributed by atoms with van der Waals surface area (Å²) < 4.78 is 68.5. The third kappa shape index (κ3) is 6.44. The fourth-order valence-corrected chi connectivity index (χ4v) is 2.84. The molecular formula is C16H15F3N2O5S. The molecule has 27 heavy (non-hydrogen) atoms. The molecule has 1 aromatic carbocycles. The first-order chi connectivity index (χ1) is 12.6. The molecule has 0 atom stereocenters. The van der Waals surface area contributed by atoms with Gasteiger partial charge in [0.1, 0.15) is 18.1 Å². The molecule has 0 aliphatic heterocycles. The van der Waals surface area contributed by atoms with E-state index in [1.807, 2.05) is 0 Å². The molecule has 0 fully saturated rings. The molecule has 1 N–H and O–H groups in total. The Morgan fingerprint density at radius 1 is 1.15 bits per heavy atom. The molecule has 0 unspecified atom stereocenters. The van der Waals surface area contributed by atoms with E-state index < -0.39 is 22.1 Å². The Kier molecular flexibility index (Phi) is 6.26. The highest BCUT2D eigenvalue weighted by Crippen LogP contribution is 2.24. The van der Waals surface area contributed by atoms with E-state index in [1.165, 1.54) is 30.5 Å². The number of carbonyl (C=O) groups is 1. The average Bonchev–Trinajstić information content (AvgIpc) is 2.58. The van der Waals surface area contributed by atoms with Gasteiger partial charge in [0.05, 0.1) is 12.1 Å². The number of hydrogen-bond donors (Lipinski definition) is 1. The van der Waals surface area contributed by atoms with Gasteiger partial charge in [-0.3, -0.25) is 4.79 Å². The molecule has 1 heterocycles. The minimum absolute atomic E-state index is 0.0136. The fraction of sp³-hybridized carbons (Fsp3) is 0.250. The largest absolute Gasteiger partial charge is 0.573 e. The second-order valence-electron chi connectivity index (χ2n) is 5.25. The van der Waals surface area contributed by atoms with E-state index >= 15 is 0 Å². The molecule has 2 aromatic rings. The quantitative estimate of drug-likeness (QED) is 0.711. The minimum Gasteiger partial charge on any atom is -0.492 e. The first-order valence-corrected chi connectivity index (χ1v) is 9.37. The zero-order chi connectivity index (χ0) is 20.1. The summed E-state index contributed by atoms with van der Waals surface area (Å²) in [5, 5.41) is 2.15. The highest BCUT2D eigenvalue weighted by atomic mass is 32.2. The van der Waals surface area contributed by atoms with Gasteiger partial charge in [0.15, 0.2) is 14.9 Å². The van der Waals surface area contributed by atoms with Gasteiger partial charge in [-0.05, 0) is 36.4 Å². The van der Waals surface area contributed by atoms with Crippen molar-refractivity contribution < 1.29 is 35.9 Å². The van der Waals surface area contributed by atoms with Crippen LogP contribution in [0, 0.1) is 0 Å². The molecule has 146 valence electrons. The number of alkyl halides is 3. The fourth-order valence-electron chi connectivity index (χ4n) is 2.03. The van der Waals surface area contributed by atoms with Crippen LogP contribution < -0.4 is 14.8 Å². The van der Waals surface area contributed by atoms with Gasteiger partial charge < -0.3 is 14.8 Å². The molecule has 1 aromatic heterocycles. The van der Waals surface area contributed by atoms with Crippen molar-refractivity contribution in [3.05, 3.63) is 48.2 Å². The van der Waals surface area contributed by atoms with Crippen LogP contribution in [-0.4, -0.2) is 45.1 Å². The summed E-state index contributed by atoms with van der Waals surface area (Å²) in [4.78, 5) is 15.8. The number of benzene rings is 1. The van der Waals surface area contributed by atoms with E-state index in [0.717, 1.165) is 18.4 Å². The average molecular weight is 404 g/mol. The van der Waals surface area contributed by atoms with Crippen LogP contribution in [0.3, 0.4) is 0 Å². The number of sulfone groups is 1. The Morgan fingerprint density at radius 2 is 1.78 bits per heavy atom. The zero-order valence-corrected chi connectivity index (χ0v) is 14.8. The summed E-state index contributed by atoms with van der Waals surface area (Å²) in [6.45, 7) is 0.0530. The summed E-state index contributed by atoms with van der Waals surface area (Å²) in [7, 11) is -3.66. The molecule has 0 radical (unpaired) electrons. The number of aromatic nitrogens is 1. The van der Waals surface area contributed by atoms with Crippen molar-refractivity contribution in [3.8, 4) is 11.5 Å². The minimum atomic E-state index is -4.77. The molecule has 7 nitrogen and oxygen atoms in total. The highest BCUT2D eigenvalue weighted by molar-refractivity contribution is 7.90. The van der Waals surface area contributed by atoms with Crippen molar-refractivity contribution in [1.82, 2.24) is 10.3 Å². The predicted molar refractivity (Wildman–Crippen MR) is 88.3 cm³/mol. The number of nitrogens with one attached hydrogen (secondary N) is 1. The molecule has 11 heteroatoms. The molecule has 0 spiro atoms. The molecule has 2 rings (SSSR count). The van der Waals surface area contributed by atoms with Gasteiger partial charge in [-0.15, -0.1) is 13.2 Å². The van der Waals surface area contributed by atoms with Crippen molar-refractivity contribution in [2.24, 2.45) is 0 Å². The van der Waals surface area contributed by atoms with Crippen LogP contribution >= 0.6 is 0 Å². The predicted octanol–water partition coefficient (Wildman–Crippen LogP) is 2.19. The van der Waals surface area contributed by atoms with Crippen LogP contribution in [0.2, 0.25) is 0 Å². The Balaban J connectivity index is 1.86. The summed E-state index contributed by atoms with van der Waals surface area (Å²) in [6, 6.07) is 7.52. The van der Waals surface area contributed by atoms with Crippen molar-refractivity contribution in [2.75, 3.05) is 19.4 Å². The number of halogens is 3. The van der Waals surface area contributed by atoms with Gasteiger partial charge in [-0.2, -0.15) is 0 Å². The summed E-state index contributed by atoms with van der Waals surface area (Å²) in [5.74, 6) is -0.744. The van der Waals surface area contributed by atoms with Crippen LogP contribution in [0.15, 0.2) is 47.6 Å². The number of nitrogens with zero attached hydrogens (tertiary/aromatic N) is 1. The first kappa shape index (κ1) is 20.5. The lowest BCUT2D eigenvalue weighted by Gasteiger charge is -2.11. The molecular weight excluding hydrogens is 389 g/mol. The molecule has 0 bridgehead atoms. The third-order valence-electron chi connectivity index (χ3n) is 3.08. The monoisotopic (exact) mass is 404 g/mol. The third-order valence-corrected chi connectivity index (χ3v) is 4.11. The topological polar surface area (TPSA) is 94.6 Å². The van der Waals surface area contributed by atoms with Crippen molar-refractivity contribution in [2.45, 2.75) is 11.4 Å². The molecule has 0 aliphatic rings. The molecule has 0 aliphatic carbocycles. The smallest absolute Gasteiger partial charge is 0.492 e. The maximum atomic E-state index is 12.1. The number of carbonyl (C=O) groups excluding carboxylic acids is 1. The molecule has 0 saturated heterocycles. The van der Waals surface area contributed by atoms with Gasteiger partial charge in [0, 0.05) is 12.5 Å². The van der Waals surface area contributed by atoms with Crippen molar-refractivity contribution >= 4 is 15.7 Å². The van der Waals surface area contributed by atoms with Gasteiger partial charge in [-0.1, -0.05) is 0 Å². The maximum Gasteiger partial charge on any atom is 0.573 e. The second-order valence-corrected chi connectivity index (χ2v) is 7.18. The zero-order valence-electron chi connectivity index (χ0n) is 14.0. The van der Waals surface area contributed by atoms with Crippen LogP contribution in [0.4, 0.5) is 13.2 Å².